The highest BCUT2D eigenvalue weighted by atomic mass is 32.2. The fraction of sp³-hybridized carbons (Fsp3) is 0.429. The normalized spacial score (nSPS) is 18.5. The summed E-state index contributed by atoms with van der Waals surface area (Å²) < 4.78 is 18.5. The number of amides is 1. The molecule has 1 aliphatic heterocycles. The average molecular weight is 313 g/mol. The second kappa shape index (κ2) is 7.42. The van der Waals surface area contributed by atoms with Crippen molar-refractivity contribution in [2.75, 3.05) is 25.4 Å². The molecule has 21 heavy (non-hydrogen) atoms. The Kier molecular flexibility index (Phi) is 5.58. The molecule has 7 heteroatoms. The second-order valence-corrected chi connectivity index (χ2v) is 5.70. The molecule has 0 aromatic heterocycles. The maximum atomic E-state index is 13.4. The van der Waals surface area contributed by atoms with E-state index in [1.807, 2.05) is 0 Å². The number of thioether (sulfide) groups is 1. The number of carboxylic acids is 1. The number of ether oxygens (including phenoxy) is 1. The van der Waals surface area contributed by atoms with E-state index >= 15 is 0 Å². The van der Waals surface area contributed by atoms with Crippen LogP contribution < -0.4 is 0 Å². The molecule has 2 rings (SSSR count). The third-order valence-electron chi connectivity index (χ3n) is 3.10. The molecular formula is C14H16FNO4S. The zero-order valence-electron chi connectivity index (χ0n) is 11.3. The molecule has 1 saturated heterocycles. The number of halogens is 1. The standard InChI is InChI=1S/C14H16FNO4S/c15-10-3-1-2-4-12(10)21-8-5-13(17)16-6-7-20-11(9-16)14(18)19/h1-4,11H,5-9H2,(H,18,19). The van der Waals surface area contributed by atoms with Gasteiger partial charge in [-0.25, -0.2) is 9.18 Å². The van der Waals surface area contributed by atoms with Crippen molar-refractivity contribution in [1.82, 2.24) is 4.90 Å². The van der Waals surface area contributed by atoms with Crippen LogP contribution in [0.5, 0.6) is 0 Å². The molecule has 114 valence electrons. The summed E-state index contributed by atoms with van der Waals surface area (Å²) in [6, 6.07) is 6.40. The molecule has 1 amide bonds. The highest BCUT2D eigenvalue weighted by Crippen LogP contribution is 2.22. The number of carbonyl (C=O) groups is 2. The van der Waals surface area contributed by atoms with Gasteiger partial charge in [0.25, 0.3) is 0 Å². The molecule has 0 saturated carbocycles. The molecule has 1 heterocycles. The summed E-state index contributed by atoms with van der Waals surface area (Å²) in [4.78, 5) is 24.9. The SMILES string of the molecule is O=C(O)C1CN(C(=O)CCSc2ccccc2F)CCO1. The van der Waals surface area contributed by atoms with Crippen LogP contribution in [0.2, 0.25) is 0 Å². The van der Waals surface area contributed by atoms with Gasteiger partial charge in [-0.1, -0.05) is 12.1 Å². The van der Waals surface area contributed by atoms with E-state index in [2.05, 4.69) is 0 Å². The number of hydrogen-bond acceptors (Lipinski definition) is 4. The van der Waals surface area contributed by atoms with Crippen LogP contribution in [0.25, 0.3) is 0 Å². The predicted molar refractivity (Wildman–Crippen MR) is 75.7 cm³/mol. The highest BCUT2D eigenvalue weighted by molar-refractivity contribution is 7.99. The van der Waals surface area contributed by atoms with Gasteiger partial charge >= 0.3 is 5.97 Å². The van der Waals surface area contributed by atoms with Crippen molar-refractivity contribution in [2.45, 2.75) is 17.4 Å². The van der Waals surface area contributed by atoms with Crippen LogP contribution in [0, 0.1) is 5.82 Å². The monoisotopic (exact) mass is 313 g/mol. The molecule has 1 atom stereocenters. The molecule has 1 fully saturated rings. The van der Waals surface area contributed by atoms with Gasteiger partial charge < -0.3 is 14.7 Å². The van der Waals surface area contributed by atoms with E-state index in [0.717, 1.165) is 0 Å². The molecule has 0 bridgehead atoms. The molecule has 1 aliphatic rings. The number of hydrogen-bond donors (Lipinski definition) is 1. The lowest BCUT2D eigenvalue weighted by molar-refractivity contribution is -0.159. The van der Waals surface area contributed by atoms with E-state index in [-0.39, 0.29) is 31.3 Å². The van der Waals surface area contributed by atoms with Gasteiger partial charge in [0.2, 0.25) is 5.91 Å². The fourth-order valence-electron chi connectivity index (χ4n) is 1.99. The van der Waals surface area contributed by atoms with Crippen molar-refractivity contribution in [3.63, 3.8) is 0 Å². The van der Waals surface area contributed by atoms with Crippen molar-refractivity contribution >= 4 is 23.6 Å². The van der Waals surface area contributed by atoms with E-state index in [1.54, 1.807) is 18.2 Å². The highest BCUT2D eigenvalue weighted by Gasteiger charge is 2.28. The van der Waals surface area contributed by atoms with Crippen LogP contribution in [0.1, 0.15) is 6.42 Å². The summed E-state index contributed by atoms with van der Waals surface area (Å²) in [6.45, 7) is 0.689. The minimum atomic E-state index is -1.06. The topological polar surface area (TPSA) is 66.8 Å². The van der Waals surface area contributed by atoms with Crippen molar-refractivity contribution in [3.05, 3.63) is 30.1 Å². The van der Waals surface area contributed by atoms with Gasteiger partial charge in [0.05, 0.1) is 13.2 Å². The largest absolute Gasteiger partial charge is 0.479 e. The van der Waals surface area contributed by atoms with Crippen LogP contribution in [-0.4, -0.2) is 53.4 Å². The summed E-state index contributed by atoms with van der Waals surface area (Å²) >= 11 is 1.28. The number of rotatable bonds is 5. The van der Waals surface area contributed by atoms with Gasteiger partial charge in [-0.15, -0.1) is 11.8 Å². The predicted octanol–water partition coefficient (Wildman–Crippen LogP) is 1.62. The van der Waals surface area contributed by atoms with Crippen LogP contribution >= 0.6 is 11.8 Å². The van der Waals surface area contributed by atoms with E-state index in [1.165, 1.54) is 22.7 Å². The van der Waals surface area contributed by atoms with Gasteiger partial charge in [0, 0.05) is 23.6 Å². The maximum Gasteiger partial charge on any atom is 0.334 e. The minimum Gasteiger partial charge on any atom is -0.479 e. The van der Waals surface area contributed by atoms with Crippen molar-refractivity contribution < 1.29 is 23.8 Å². The van der Waals surface area contributed by atoms with E-state index in [9.17, 15) is 14.0 Å². The third kappa shape index (κ3) is 4.44. The Labute approximate surface area is 126 Å². The number of carbonyl (C=O) groups excluding carboxylic acids is 1. The molecule has 5 nitrogen and oxygen atoms in total. The Morgan fingerprint density at radius 2 is 2.19 bits per heavy atom. The lowest BCUT2D eigenvalue weighted by atomic mass is 10.2. The Bertz CT molecular complexity index is 525. The first-order valence-corrected chi connectivity index (χ1v) is 7.56. The Hall–Kier alpha value is -1.60. The zero-order chi connectivity index (χ0) is 15.2. The smallest absolute Gasteiger partial charge is 0.334 e. The fourth-order valence-corrected chi connectivity index (χ4v) is 2.87. The Balaban J connectivity index is 1.79. The molecule has 0 aliphatic carbocycles. The van der Waals surface area contributed by atoms with Gasteiger partial charge in [0.1, 0.15) is 5.82 Å². The first kappa shape index (κ1) is 15.8. The summed E-state index contributed by atoms with van der Waals surface area (Å²) in [6.07, 6.45) is -0.715. The lowest BCUT2D eigenvalue weighted by Gasteiger charge is -2.30. The van der Waals surface area contributed by atoms with Crippen molar-refractivity contribution in [1.29, 1.82) is 0 Å². The molecule has 1 aromatic carbocycles. The lowest BCUT2D eigenvalue weighted by Crippen LogP contribution is -2.48. The van der Waals surface area contributed by atoms with Crippen LogP contribution in [0.4, 0.5) is 4.39 Å². The molecular weight excluding hydrogens is 297 g/mol. The number of morpholine rings is 1. The minimum absolute atomic E-state index is 0.0680. The van der Waals surface area contributed by atoms with Crippen LogP contribution in [0.15, 0.2) is 29.2 Å². The van der Waals surface area contributed by atoms with Crippen molar-refractivity contribution in [2.24, 2.45) is 0 Å². The summed E-state index contributed by atoms with van der Waals surface area (Å²) in [5.74, 6) is -1.04. The second-order valence-electron chi connectivity index (χ2n) is 4.57. The van der Waals surface area contributed by atoms with E-state index in [0.29, 0.717) is 17.2 Å². The average Bonchev–Trinajstić information content (AvgIpc) is 2.49. The van der Waals surface area contributed by atoms with Crippen molar-refractivity contribution in [3.8, 4) is 0 Å². The molecule has 1 unspecified atom stereocenters. The summed E-state index contributed by atoms with van der Waals surface area (Å²) in [5, 5.41) is 8.88. The third-order valence-corrected chi connectivity index (χ3v) is 4.16. The first-order chi connectivity index (χ1) is 10.1. The Morgan fingerprint density at radius 3 is 2.90 bits per heavy atom. The quantitative estimate of drug-likeness (QED) is 0.837. The number of nitrogens with zero attached hydrogens (tertiary/aromatic N) is 1. The van der Waals surface area contributed by atoms with Crippen LogP contribution in [-0.2, 0) is 14.3 Å². The summed E-state index contributed by atoms with van der Waals surface area (Å²) in [7, 11) is 0. The van der Waals surface area contributed by atoms with E-state index in [4.69, 9.17) is 9.84 Å². The molecule has 0 spiro atoms. The number of carboxylic acid groups (broad SMARTS) is 1. The maximum absolute atomic E-state index is 13.4. The first-order valence-electron chi connectivity index (χ1n) is 6.57. The summed E-state index contributed by atoms with van der Waals surface area (Å²) in [5.41, 5.74) is 0. The number of aliphatic carboxylic acids is 1. The Morgan fingerprint density at radius 1 is 1.43 bits per heavy atom. The number of benzene rings is 1. The van der Waals surface area contributed by atoms with Gasteiger partial charge in [-0.2, -0.15) is 0 Å². The molecule has 0 radical (unpaired) electrons. The van der Waals surface area contributed by atoms with Gasteiger partial charge in [-0.05, 0) is 12.1 Å². The molecule has 1 aromatic rings. The zero-order valence-corrected chi connectivity index (χ0v) is 12.1. The molecule has 1 N–H and O–H groups in total. The van der Waals surface area contributed by atoms with E-state index < -0.39 is 12.1 Å². The van der Waals surface area contributed by atoms with Gasteiger partial charge in [-0.3, -0.25) is 4.79 Å². The van der Waals surface area contributed by atoms with Crippen LogP contribution in [0.3, 0.4) is 0 Å². The van der Waals surface area contributed by atoms with Gasteiger partial charge in [0.15, 0.2) is 6.10 Å².